The first-order chi connectivity index (χ1) is 8.33. The van der Waals surface area contributed by atoms with Gasteiger partial charge in [-0.1, -0.05) is 11.6 Å². The van der Waals surface area contributed by atoms with Crippen molar-refractivity contribution in [2.75, 3.05) is 6.61 Å². The first kappa shape index (κ1) is 12.9. The maximum atomic E-state index is 13.5. The zero-order valence-corrected chi connectivity index (χ0v) is 9.40. The lowest BCUT2D eigenvalue weighted by atomic mass is 9.99. The number of carbonyl (C=O) groups excluding carboxylic acids is 1. The molecule has 1 N–H and O–H groups in total. The Balaban J connectivity index is 2.52. The Morgan fingerprint density at radius 3 is 2.61 bits per heavy atom. The molecule has 0 saturated carbocycles. The van der Waals surface area contributed by atoms with E-state index >= 15 is 0 Å². The third-order valence-corrected chi connectivity index (χ3v) is 2.83. The maximum absolute atomic E-state index is 13.5. The fraction of sp³-hybridized carbons (Fsp3) is 0.300. The number of cyclic esters (lactones) is 1. The van der Waals surface area contributed by atoms with E-state index in [0.717, 1.165) is 0 Å². The third kappa shape index (κ3) is 2.10. The molecule has 0 unspecified atom stereocenters. The summed E-state index contributed by atoms with van der Waals surface area (Å²) in [5.74, 6) is -5.77. The highest BCUT2D eigenvalue weighted by Gasteiger charge is 2.49. The lowest BCUT2D eigenvalue weighted by Crippen LogP contribution is -2.50. The number of nitrogens with one attached hydrogen (secondary N) is 1. The minimum Gasteiger partial charge on any atom is -0.443 e. The van der Waals surface area contributed by atoms with Gasteiger partial charge in [-0.3, -0.25) is 0 Å². The van der Waals surface area contributed by atoms with Gasteiger partial charge in [0.2, 0.25) is 0 Å². The summed E-state index contributed by atoms with van der Waals surface area (Å²) in [6.07, 6.45) is -1.15. The molecule has 1 heterocycles. The molecule has 0 radical (unpaired) electrons. The van der Waals surface area contributed by atoms with Gasteiger partial charge < -0.3 is 10.1 Å². The number of carbonyl (C=O) groups is 1. The molecule has 8 heteroatoms. The molecule has 1 aromatic rings. The van der Waals surface area contributed by atoms with Gasteiger partial charge in [0.05, 0.1) is 5.02 Å². The van der Waals surface area contributed by atoms with E-state index in [0.29, 0.717) is 12.1 Å². The molecule has 0 aliphatic carbocycles. The molecule has 1 aromatic carbocycles. The number of alkyl halides is 2. The van der Waals surface area contributed by atoms with E-state index in [2.05, 4.69) is 4.74 Å². The van der Waals surface area contributed by atoms with Gasteiger partial charge in [0, 0.05) is 5.56 Å². The van der Waals surface area contributed by atoms with Crippen LogP contribution in [0.25, 0.3) is 0 Å². The lowest BCUT2D eigenvalue weighted by Gasteiger charge is -2.32. The van der Waals surface area contributed by atoms with Crippen LogP contribution in [-0.4, -0.2) is 18.6 Å². The molecule has 1 amide bonds. The number of hydrogen-bond donors (Lipinski definition) is 1. The lowest BCUT2D eigenvalue weighted by molar-refractivity contribution is -0.105. The van der Waals surface area contributed by atoms with E-state index in [1.165, 1.54) is 0 Å². The monoisotopic (exact) mass is 283 g/mol. The Morgan fingerprint density at radius 2 is 1.94 bits per heavy atom. The second kappa shape index (κ2) is 4.31. The van der Waals surface area contributed by atoms with E-state index in [9.17, 15) is 22.4 Å². The van der Waals surface area contributed by atoms with Crippen LogP contribution in [0.1, 0.15) is 11.6 Å². The second-order valence-corrected chi connectivity index (χ2v) is 4.05. The molecule has 1 saturated heterocycles. The number of benzene rings is 1. The summed E-state index contributed by atoms with van der Waals surface area (Å²) in [6.45, 7) is -1.23. The number of halogens is 5. The number of amides is 1. The smallest absolute Gasteiger partial charge is 0.408 e. The van der Waals surface area contributed by atoms with Gasteiger partial charge in [0.25, 0.3) is 0 Å². The fourth-order valence-electron chi connectivity index (χ4n) is 1.60. The summed E-state index contributed by atoms with van der Waals surface area (Å²) >= 11 is 5.47. The van der Waals surface area contributed by atoms with E-state index in [1.54, 1.807) is 5.32 Å². The highest BCUT2D eigenvalue weighted by molar-refractivity contribution is 6.31. The van der Waals surface area contributed by atoms with Crippen LogP contribution >= 0.6 is 11.6 Å². The van der Waals surface area contributed by atoms with Crippen LogP contribution in [0, 0.1) is 11.6 Å². The summed E-state index contributed by atoms with van der Waals surface area (Å²) in [6, 6.07) is -0.698. The van der Waals surface area contributed by atoms with Crippen molar-refractivity contribution >= 4 is 17.7 Å². The minimum atomic E-state index is -3.59. The van der Waals surface area contributed by atoms with Gasteiger partial charge in [-0.25, -0.2) is 22.4 Å². The average molecular weight is 284 g/mol. The van der Waals surface area contributed by atoms with E-state index in [-0.39, 0.29) is 0 Å². The molecule has 1 aliphatic rings. The van der Waals surface area contributed by atoms with Crippen LogP contribution in [0.2, 0.25) is 5.02 Å². The van der Waals surface area contributed by atoms with Crippen molar-refractivity contribution in [2.24, 2.45) is 0 Å². The van der Waals surface area contributed by atoms with Crippen molar-refractivity contribution in [1.29, 1.82) is 0 Å². The van der Waals surface area contributed by atoms with Crippen LogP contribution in [0.4, 0.5) is 22.4 Å². The maximum Gasteiger partial charge on any atom is 0.408 e. The molecule has 18 heavy (non-hydrogen) atoms. The van der Waals surface area contributed by atoms with E-state index in [4.69, 9.17) is 11.6 Å². The molecule has 1 fully saturated rings. The largest absolute Gasteiger partial charge is 0.443 e. The Hall–Kier alpha value is -1.50. The molecule has 1 aliphatic heterocycles. The van der Waals surface area contributed by atoms with Gasteiger partial charge in [-0.2, -0.15) is 0 Å². The molecule has 0 bridgehead atoms. The molecule has 2 rings (SSSR count). The van der Waals surface area contributed by atoms with Gasteiger partial charge in [-0.15, -0.1) is 0 Å². The standard InChI is InChI=1S/C10H6ClF4NO2/c11-7-5(13)2-1-4(12)6(7)8-10(14,15)3-18-9(17)16-8/h1-2,8H,3H2,(H,16,17)/t8-/m0/s1. The summed E-state index contributed by atoms with van der Waals surface area (Å²) < 4.78 is 57.8. The molecule has 1 atom stereocenters. The average Bonchev–Trinajstić information content (AvgIpc) is 2.29. The van der Waals surface area contributed by atoms with Crippen molar-refractivity contribution in [1.82, 2.24) is 5.32 Å². The fourth-order valence-corrected chi connectivity index (χ4v) is 1.86. The first-order valence-electron chi connectivity index (χ1n) is 4.77. The van der Waals surface area contributed by atoms with E-state index < -0.39 is 46.9 Å². The predicted octanol–water partition coefficient (Wildman–Crippen LogP) is 3.03. The third-order valence-electron chi connectivity index (χ3n) is 2.45. The van der Waals surface area contributed by atoms with Crippen LogP contribution in [0.15, 0.2) is 12.1 Å². The molecular weight excluding hydrogens is 278 g/mol. The Bertz CT molecular complexity index is 509. The Kier molecular flexibility index (Phi) is 3.10. The minimum absolute atomic E-state index is 0.661. The number of rotatable bonds is 1. The quantitative estimate of drug-likeness (QED) is 0.635. The number of hydrogen-bond acceptors (Lipinski definition) is 2. The normalized spacial score (nSPS) is 22.3. The van der Waals surface area contributed by atoms with Crippen LogP contribution in [0.3, 0.4) is 0 Å². The zero-order valence-electron chi connectivity index (χ0n) is 8.65. The number of ether oxygens (including phenoxy) is 1. The summed E-state index contributed by atoms with van der Waals surface area (Å²) in [7, 11) is 0. The van der Waals surface area contributed by atoms with Crippen molar-refractivity contribution in [3.63, 3.8) is 0 Å². The van der Waals surface area contributed by atoms with Gasteiger partial charge in [0.15, 0.2) is 6.61 Å². The highest BCUT2D eigenvalue weighted by Crippen LogP contribution is 2.39. The summed E-state index contributed by atoms with van der Waals surface area (Å²) in [5, 5.41) is 0.940. The second-order valence-electron chi connectivity index (χ2n) is 3.67. The molecule has 3 nitrogen and oxygen atoms in total. The molecule has 0 spiro atoms. The van der Waals surface area contributed by atoms with E-state index in [1.807, 2.05) is 0 Å². The van der Waals surface area contributed by atoms with Crippen molar-refractivity contribution in [3.8, 4) is 0 Å². The summed E-state index contributed by atoms with van der Waals surface area (Å²) in [4.78, 5) is 10.9. The van der Waals surface area contributed by atoms with Crippen molar-refractivity contribution in [3.05, 3.63) is 34.4 Å². The Labute approximate surface area is 104 Å². The highest BCUT2D eigenvalue weighted by atomic mass is 35.5. The van der Waals surface area contributed by atoms with Crippen LogP contribution < -0.4 is 5.32 Å². The molecule has 0 aromatic heterocycles. The SMILES string of the molecule is O=C1N[C@@H](c2c(F)ccc(F)c2Cl)C(F)(F)CO1. The molecule has 98 valence electrons. The first-order valence-corrected chi connectivity index (χ1v) is 5.15. The predicted molar refractivity (Wildman–Crippen MR) is 53.5 cm³/mol. The number of alkyl carbamates (subject to hydrolysis) is 1. The zero-order chi connectivity index (χ0) is 13.5. The van der Waals surface area contributed by atoms with Gasteiger partial charge >= 0.3 is 12.0 Å². The van der Waals surface area contributed by atoms with Gasteiger partial charge in [-0.05, 0) is 12.1 Å². The van der Waals surface area contributed by atoms with Crippen molar-refractivity contribution in [2.45, 2.75) is 12.0 Å². The van der Waals surface area contributed by atoms with Crippen LogP contribution in [-0.2, 0) is 4.74 Å². The summed E-state index contributed by atoms with van der Waals surface area (Å²) in [5.41, 5.74) is -0.793. The van der Waals surface area contributed by atoms with Gasteiger partial charge in [0.1, 0.15) is 17.7 Å². The van der Waals surface area contributed by atoms with Crippen molar-refractivity contribution < 1.29 is 27.1 Å². The van der Waals surface area contributed by atoms with Crippen LogP contribution in [0.5, 0.6) is 0 Å². The Morgan fingerprint density at radius 1 is 1.33 bits per heavy atom. The molecular formula is C10H6ClF4NO2. The topological polar surface area (TPSA) is 38.3 Å².